The predicted molar refractivity (Wildman–Crippen MR) is 48.3 cm³/mol. The van der Waals surface area contributed by atoms with E-state index in [0.717, 1.165) is 6.92 Å². The largest absolute Gasteiger partial charge is 0.496 e. The van der Waals surface area contributed by atoms with Crippen LogP contribution in [0.15, 0.2) is 18.5 Å². The smallest absolute Gasteiger partial charge is 0.264 e. The number of nitrogens with two attached hydrogens (primary N) is 1. The molecule has 0 amide bonds. The third-order valence-electron chi connectivity index (χ3n) is 1.91. The van der Waals surface area contributed by atoms with E-state index in [4.69, 9.17) is 10.5 Å². The zero-order chi connectivity index (χ0) is 10.8. The van der Waals surface area contributed by atoms with Crippen LogP contribution in [-0.4, -0.2) is 18.0 Å². The van der Waals surface area contributed by atoms with Crippen molar-refractivity contribution in [1.29, 1.82) is 0 Å². The first kappa shape index (κ1) is 10.8. The molecule has 1 heterocycles. The van der Waals surface area contributed by atoms with Crippen molar-refractivity contribution in [3.8, 4) is 5.75 Å². The first-order valence-electron chi connectivity index (χ1n) is 4.08. The van der Waals surface area contributed by atoms with E-state index in [-0.39, 0.29) is 5.56 Å². The summed E-state index contributed by atoms with van der Waals surface area (Å²) < 4.78 is 30.7. The number of methoxy groups -OCH3 is 1. The Kier molecular flexibility index (Phi) is 3.00. The first-order chi connectivity index (χ1) is 6.46. The number of halogens is 2. The van der Waals surface area contributed by atoms with Crippen LogP contribution in [0.4, 0.5) is 8.78 Å². The van der Waals surface area contributed by atoms with Crippen molar-refractivity contribution in [1.82, 2.24) is 4.98 Å². The number of aromatic nitrogens is 1. The highest BCUT2D eigenvalue weighted by Crippen LogP contribution is 2.32. The summed E-state index contributed by atoms with van der Waals surface area (Å²) in [6, 6.07) is 0.104. The second-order valence-electron chi connectivity index (χ2n) is 3.05. The molecule has 0 aliphatic carbocycles. The van der Waals surface area contributed by atoms with Gasteiger partial charge in [-0.1, -0.05) is 0 Å². The summed E-state index contributed by atoms with van der Waals surface area (Å²) in [5.41, 5.74) is 5.59. The molecule has 1 aromatic rings. The zero-order valence-corrected chi connectivity index (χ0v) is 8.00. The Morgan fingerprint density at radius 2 is 2.21 bits per heavy atom. The average Bonchev–Trinajstić information content (AvgIpc) is 2.15. The van der Waals surface area contributed by atoms with E-state index in [0.29, 0.717) is 5.75 Å². The van der Waals surface area contributed by atoms with Crippen molar-refractivity contribution in [3.05, 3.63) is 24.0 Å². The van der Waals surface area contributed by atoms with Gasteiger partial charge in [-0.05, 0) is 6.07 Å². The van der Waals surface area contributed by atoms with Crippen molar-refractivity contribution in [3.63, 3.8) is 0 Å². The second-order valence-corrected chi connectivity index (χ2v) is 3.05. The van der Waals surface area contributed by atoms with Crippen LogP contribution in [0.3, 0.4) is 0 Å². The van der Waals surface area contributed by atoms with Crippen molar-refractivity contribution in [2.45, 2.75) is 18.9 Å². The molecule has 0 bridgehead atoms. The lowest BCUT2D eigenvalue weighted by molar-refractivity contribution is -0.00695. The molecule has 0 radical (unpaired) electrons. The van der Waals surface area contributed by atoms with Gasteiger partial charge in [0.2, 0.25) is 0 Å². The summed E-state index contributed by atoms with van der Waals surface area (Å²) >= 11 is 0. The Morgan fingerprint density at radius 3 is 2.71 bits per heavy atom. The van der Waals surface area contributed by atoms with Gasteiger partial charge in [0, 0.05) is 24.9 Å². The van der Waals surface area contributed by atoms with Crippen molar-refractivity contribution >= 4 is 0 Å². The van der Waals surface area contributed by atoms with E-state index < -0.39 is 12.0 Å². The number of hydrogen-bond acceptors (Lipinski definition) is 3. The fraction of sp³-hybridized carbons (Fsp3) is 0.444. The number of ether oxygens (including phenoxy) is 1. The van der Waals surface area contributed by atoms with Crippen LogP contribution < -0.4 is 10.5 Å². The lowest BCUT2D eigenvalue weighted by Crippen LogP contribution is -2.30. The minimum Gasteiger partial charge on any atom is -0.496 e. The van der Waals surface area contributed by atoms with Gasteiger partial charge in [0.05, 0.1) is 13.2 Å². The van der Waals surface area contributed by atoms with E-state index in [1.165, 1.54) is 25.6 Å². The zero-order valence-electron chi connectivity index (χ0n) is 8.00. The maximum Gasteiger partial charge on any atom is 0.264 e. The minimum atomic E-state index is -2.99. The van der Waals surface area contributed by atoms with E-state index in [1.807, 2.05) is 0 Å². The second kappa shape index (κ2) is 3.88. The molecule has 0 spiro atoms. The van der Waals surface area contributed by atoms with Crippen molar-refractivity contribution in [2.75, 3.05) is 7.11 Å². The Hall–Kier alpha value is -1.23. The first-order valence-corrected chi connectivity index (χ1v) is 4.08. The number of rotatable bonds is 3. The molecule has 3 nitrogen and oxygen atoms in total. The van der Waals surface area contributed by atoms with Gasteiger partial charge in [-0.25, -0.2) is 8.78 Å². The fourth-order valence-electron chi connectivity index (χ4n) is 1.09. The van der Waals surface area contributed by atoms with Crippen LogP contribution in [0.2, 0.25) is 0 Å². The molecule has 14 heavy (non-hydrogen) atoms. The standard InChI is InChI=1S/C9H12F2N2O/c1-9(10,11)8(12)6-5-13-4-3-7(6)14-2/h3-5,8H,12H2,1-2H3. The van der Waals surface area contributed by atoms with Gasteiger partial charge < -0.3 is 10.5 Å². The fourth-order valence-corrected chi connectivity index (χ4v) is 1.09. The molecular formula is C9H12F2N2O. The molecule has 0 aliphatic rings. The van der Waals surface area contributed by atoms with Crippen molar-refractivity contribution < 1.29 is 13.5 Å². The van der Waals surface area contributed by atoms with Crippen LogP contribution in [0.1, 0.15) is 18.5 Å². The number of alkyl halides is 2. The van der Waals surface area contributed by atoms with Gasteiger partial charge in [-0.3, -0.25) is 4.98 Å². The van der Waals surface area contributed by atoms with E-state index in [1.54, 1.807) is 0 Å². The third kappa shape index (κ3) is 2.17. The number of nitrogens with zero attached hydrogens (tertiary/aromatic N) is 1. The highest BCUT2D eigenvalue weighted by molar-refractivity contribution is 5.33. The van der Waals surface area contributed by atoms with Crippen LogP contribution in [0, 0.1) is 0 Å². The summed E-state index contributed by atoms with van der Waals surface area (Å²) in [4.78, 5) is 3.73. The summed E-state index contributed by atoms with van der Waals surface area (Å²) in [6.45, 7) is 0.768. The molecule has 0 saturated heterocycles. The number of pyridine rings is 1. The third-order valence-corrected chi connectivity index (χ3v) is 1.91. The van der Waals surface area contributed by atoms with Crippen LogP contribution >= 0.6 is 0 Å². The maximum atomic E-state index is 12.9. The quantitative estimate of drug-likeness (QED) is 0.812. The van der Waals surface area contributed by atoms with Gasteiger partial charge in [0.25, 0.3) is 5.92 Å². The van der Waals surface area contributed by atoms with Crippen LogP contribution in [0.25, 0.3) is 0 Å². The van der Waals surface area contributed by atoms with Gasteiger partial charge in [0.1, 0.15) is 5.75 Å². The Morgan fingerprint density at radius 1 is 1.57 bits per heavy atom. The monoisotopic (exact) mass is 202 g/mol. The molecule has 5 heteroatoms. The average molecular weight is 202 g/mol. The molecular weight excluding hydrogens is 190 g/mol. The van der Waals surface area contributed by atoms with Gasteiger partial charge in [-0.15, -0.1) is 0 Å². The molecule has 0 aromatic carbocycles. The number of hydrogen-bond donors (Lipinski definition) is 1. The van der Waals surface area contributed by atoms with Gasteiger partial charge in [0.15, 0.2) is 0 Å². The lowest BCUT2D eigenvalue weighted by Gasteiger charge is -2.20. The molecule has 2 N–H and O–H groups in total. The maximum absolute atomic E-state index is 12.9. The normalized spacial score (nSPS) is 13.8. The molecule has 78 valence electrons. The molecule has 1 unspecified atom stereocenters. The SMILES string of the molecule is COc1ccncc1C(N)C(C)(F)F. The molecule has 0 saturated carbocycles. The van der Waals surface area contributed by atoms with Gasteiger partial charge in [-0.2, -0.15) is 0 Å². The highest BCUT2D eigenvalue weighted by Gasteiger charge is 2.34. The van der Waals surface area contributed by atoms with Gasteiger partial charge >= 0.3 is 0 Å². The summed E-state index contributed by atoms with van der Waals surface area (Å²) in [5, 5.41) is 0. The Bertz CT molecular complexity index is 312. The topological polar surface area (TPSA) is 48.1 Å². The molecule has 1 aromatic heterocycles. The minimum absolute atomic E-state index is 0.211. The van der Waals surface area contributed by atoms with Crippen molar-refractivity contribution in [2.24, 2.45) is 5.73 Å². The van der Waals surface area contributed by atoms with E-state index in [2.05, 4.69) is 4.98 Å². The van der Waals surface area contributed by atoms with E-state index in [9.17, 15) is 8.78 Å². The summed E-state index contributed by atoms with van der Waals surface area (Å²) in [6.07, 6.45) is 2.75. The lowest BCUT2D eigenvalue weighted by atomic mass is 10.0. The Balaban J connectivity index is 3.06. The molecule has 1 atom stereocenters. The highest BCUT2D eigenvalue weighted by atomic mass is 19.3. The Labute approximate surface area is 80.9 Å². The summed E-state index contributed by atoms with van der Waals surface area (Å²) in [7, 11) is 1.40. The van der Waals surface area contributed by atoms with E-state index >= 15 is 0 Å². The summed E-state index contributed by atoms with van der Waals surface area (Å²) in [5.74, 6) is -2.66. The molecule has 1 rings (SSSR count). The predicted octanol–water partition coefficient (Wildman–Crippen LogP) is 1.75. The van der Waals surface area contributed by atoms with Crippen LogP contribution in [-0.2, 0) is 0 Å². The van der Waals surface area contributed by atoms with Crippen LogP contribution in [0.5, 0.6) is 5.75 Å². The molecule has 0 aliphatic heterocycles. The molecule has 0 fully saturated rings.